The van der Waals surface area contributed by atoms with Gasteiger partial charge in [0.1, 0.15) is 5.75 Å². The van der Waals surface area contributed by atoms with Gasteiger partial charge in [-0.1, -0.05) is 81.6 Å². The maximum absolute atomic E-state index is 12.6. The number of nitrogens with two attached hydrogens (primary N) is 2. The SMILES string of the molecule is CC(C)CCN.CCCCn1cc(-c2ccc(OC(F)(F)F)cc2)c2cc(CN3CCN(Cc4c(Cl)cccc4Cl)CC3)ccc21.CCCN. The fourth-order valence-electron chi connectivity index (χ4n) is 5.63. The highest BCUT2D eigenvalue weighted by atomic mass is 35.5. The minimum Gasteiger partial charge on any atom is -0.406 e. The van der Waals surface area contributed by atoms with Gasteiger partial charge >= 0.3 is 6.36 Å². The molecule has 1 saturated heterocycles. The molecule has 276 valence electrons. The number of halogens is 5. The van der Waals surface area contributed by atoms with E-state index in [0.717, 1.165) is 118 Å². The molecule has 0 bridgehead atoms. The van der Waals surface area contributed by atoms with Crippen LogP contribution < -0.4 is 16.2 Å². The second kappa shape index (κ2) is 20.9. The third-order valence-electron chi connectivity index (χ3n) is 8.44. The number of ether oxygens (including phenoxy) is 1. The lowest BCUT2D eigenvalue weighted by molar-refractivity contribution is -0.274. The summed E-state index contributed by atoms with van der Waals surface area (Å²) < 4.78 is 44.2. The van der Waals surface area contributed by atoms with Crippen molar-refractivity contribution in [3.63, 3.8) is 0 Å². The molecule has 3 aromatic carbocycles. The normalized spacial score (nSPS) is 13.9. The Morgan fingerprint density at radius 3 is 1.92 bits per heavy atom. The van der Waals surface area contributed by atoms with Crippen molar-refractivity contribution in [2.24, 2.45) is 17.4 Å². The summed E-state index contributed by atoms with van der Waals surface area (Å²) in [7, 11) is 0. The molecule has 6 nitrogen and oxygen atoms in total. The number of piperazine rings is 1. The van der Waals surface area contributed by atoms with Crippen LogP contribution in [0.3, 0.4) is 0 Å². The average molecular weight is 737 g/mol. The van der Waals surface area contributed by atoms with Gasteiger partial charge < -0.3 is 20.8 Å². The van der Waals surface area contributed by atoms with Gasteiger partial charge in [-0.15, -0.1) is 13.2 Å². The number of rotatable bonds is 12. The predicted molar refractivity (Wildman–Crippen MR) is 204 cm³/mol. The number of fused-ring (bicyclic) bond motifs is 1. The molecule has 1 fully saturated rings. The molecule has 2 heterocycles. The summed E-state index contributed by atoms with van der Waals surface area (Å²) in [6.45, 7) is 16.4. The van der Waals surface area contributed by atoms with Crippen molar-refractivity contribution in [2.75, 3.05) is 39.3 Å². The van der Waals surface area contributed by atoms with E-state index in [1.54, 1.807) is 12.1 Å². The number of aromatic nitrogens is 1. The van der Waals surface area contributed by atoms with Crippen LogP contribution in [0, 0.1) is 5.92 Å². The van der Waals surface area contributed by atoms with E-state index >= 15 is 0 Å². The first-order valence-electron chi connectivity index (χ1n) is 17.6. The topological polar surface area (TPSA) is 72.7 Å². The second-order valence-corrected chi connectivity index (χ2v) is 13.8. The second-order valence-electron chi connectivity index (χ2n) is 13.0. The van der Waals surface area contributed by atoms with Gasteiger partial charge in [0.05, 0.1) is 0 Å². The first-order valence-corrected chi connectivity index (χ1v) is 18.4. The van der Waals surface area contributed by atoms with Gasteiger partial charge in [-0.2, -0.15) is 0 Å². The Balaban J connectivity index is 0.000000595. The smallest absolute Gasteiger partial charge is 0.406 e. The van der Waals surface area contributed by atoms with E-state index in [1.807, 2.05) is 18.2 Å². The molecule has 5 rings (SSSR count). The predicted octanol–water partition coefficient (Wildman–Crippen LogP) is 9.98. The number of unbranched alkanes of at least 4 members (excludes halogenated alkanes) is 1. The molecule has 0 saturated carbocycles. The molecule has 1 aliphatic rings. The first kappa shape index (κ1) is 41.6. The zero-order valence-electron chi connectivity index (χ0n) is 29.9. The minimum atomic E-state index is -4.71. The molecular weight excluding hydrogens is 682 g/mol. The zero-order chi connectivity index (χ0) is 36.7. The van der Waals surface area contributed by atoms with Crippen molar-refractivity contribution in [3.05, 3.63) is 88.0 Å². The third-order valence-corrected chi connectivity index (χ3v) is 9.15. The Morgan fingerprint density at radius 1 is 0.820 bits per heavy atom. The van der Waals surface area contributed by atoms with E-state index in [0.29, 0.717) is 10.0 Å². The fourth-order valence-corrected chi connectivity index (χ4v) is 6.14. The average Bonchev–Trinajstić information content (AvgIpc) is 3.44. The minimum absolute atomic E-state index is 0.220. The maximum Gasteiger partial charge on any atom is 0.573 e. The van der Waals surface area contributed by atoms with E-state index in [1.165, 1.54) is 17.7 Å². The summed E-state index contributed by atoms with van der Waals surface area (Å²) in [5.41, 5.74) is 15.4. The summed E-state index contributed by atoms with van der Waals surface area (Å²) in [5, 5.41) is 2.50. The molecule has 1 aliphatic heterocycles. The van der Waals surface area contributed by atoms with Crippen LogP contribution in [0.4, 0.5) is 13.2 Å². The lowest BCUT2D eigenvalue weighted by Gasteiger charge is -2.35. The summed E-state index contributed by atoms with van der Waals surface area (Å²) in [6, 6.07) is 18.3. The van der Waals surface area contributed by atoms with Crippen LogP contribution in [0.1, 0.15) is 64.5 Å². The molecule has 11 heteroatoms. The molecule has 50 heavy (non-hydrogen) atoms. The lowest BCUT2D eigenvalue weighted by Crippen LogP contribution is -2.45. The van der Waals surface area contributed by atoms with Gasteiger partial charge in [-0.05, 0) is 85.8 Å². The van der Waals surface area contributed by atoms with Crippen LogP contribution in [0.5, 0.6) is 5.75 Å². The standard InChI is InChI=1S/C31H32Cl2F3N3O.C5H13N.C3H9N/c1-2-3-13-39-21-26(23-8-10-24(11-9-23)40-31(34,35)36)25-18-22(7-12-30(25)39)19-37-14-16-38(17-15-37)20-27-28(32)5-4-6-29(27)33;1-5(2)3-4-6;1-2-3-4/h4-12,18,21H,2-3,13-17,19-20H2,1H3;5H,3-4,6H2,1-2H3;2-4H2,1H3. The van der Waals surface area contributed by atoms with Gasteiger partial charge in [0.25, 0.3) is 0 Å². The quantitative estimate of drug-likeness (QED) is 0.152. The molecule has 4 N–H and O–H groups in total. The van der Waals surface area contributed by atoms with E-state index in [-0.39, 0.29) is 5.75 Å². The van der Waals surface area contributed by atoms with Crippen molar-refractivity contribution >= 4 is 34.1 Å². The highest BCUT2D eigenvalue weighted by Gasteiger charge is 2.31. The highest BCUT2D eigenvalue weighted by Crippen LogP contribution is 2.34. The van der Waals surface area contributed by atoms with Crippen LogP contribution in [0.15, 0.2) is 66.9 Å². The van der Waals surface area contributed by atoms with Crippen LogP contribution in [-0.4, -0.2) is 60.0 Å². The Labute approximate surface area is 306 Å². The largest absolute Gasteiger partial charge is 0.573 e. The number of hydrogen-bond acceptors (Lipinski definition) is 5. The van der Waals surface area contributed by atoms with Crippen LogP contribution in [0.25, 0.3) is 22.0 Å². The number of alkyl halides is 3. The van der Waals surface area contributed by atoms with Crippen molar-refractivity contribution in [2.45, 2.75) is 79.4 Å². The zero-order valence-corrected chi connectivity index (χ0v) is 31.4. The first-order chi connectivity index (χ1) is 23.9. The Kier molecular flexibility index (Phi) is 17.4. The van der Waals surface area contributed by atoms with Crippen LogP contribution >= 0.6 is 23.2 Å². The van der Waals surface area contributed by atoms with Gasteiger partial charge in [0.2, 0.25) is 0 Å². The van der Waals surface area contributed by atoms with Crippen LogP contribution in [0.2, 0.25) is 10.0 Å². The molecule has 0 spiro atoms. The summed E-state index contributed by atoms with van der Waals surface area (Å²) >= 11 is 12.8. The molecule has 1 aromatic heterocycles. The highest BCUT2D eigenvalue weighted by molar-refractivity contribution is 6.35. The van der Waals surface area contributed by atoms with Gasteiger partial charge in [-0.25, -0.2) is 0 Å². The number of aryl methyl sites for hydroxylation is 1. The van der Waals surface area contributed by atoms with E-state index in [2.05, 4.69) is 71.2 Å². The molecule has 0 unspecified atom stereocenters. The molecule has 0 aliphatic carbocycles. The van der Waals surface area contributed by atoms with Crippen molar-refractivity contribution < 1.29 is 17.9 Å². The van der Waals surface area contributed by atoms with Crippen molar-refractivity contribution in [1.29, 1.82) is 0 Å². The van der Waals surface area contributed by atoms with E-state index in [4.69, 9.17) is 34.7 Å². The maximum atomic E-state index is 12.6. The third kappa shape index (κ3) is 13.4. The monoisotopic (exact) mass is 735 g/mol. The van der Waals surface area contributed by atoms with Crippen molar-refractivity contribution in [3.8, 4) is 16.9 Å². The van der Waals surface area contributed by atoms with Crippen LogP contribution in [-0.2, 0) is 19.6 Å². The molecule has 0 amide bonds. The summed E-state index contributed by atoms with van der Waals surface area (Å²) in [6.07, 6.45) is 1.78. The molecule has 4 aromatic rings. The molecule has 0 radical (unpaired) electrons. The Bertz CT molecular complexity index is 1550. The molecular formula is C39H54Cl2F3N5O. The number of nitrogens with zero attached hydrogens (tertiary/aromatic N) is 3. The Hall–Kier alpha value is -2.79. The lowest BCUT2D eigenvalue weighted by atomic mass is 10.0. The van der Waals surface area contributed by atoms with Gasteiger partial charge in [0, 0.05) is 84.1 Å². The van der Waals surface area contributed by atoms with E-state index < -0.39 is 6.36 Å². The summed E-state index contributed by atoms with van der Waals surface area (Å²) in [4.78, 5) is 4.83. The Morgan fingerprint density at radius 2 is 1.42 bits per heavy atom. The number of benzene rings is 3. The molecule has 0 atom stereocenters. The van der Waals surface area contributed by atoms with E-state index in [9.17, 15) is 13.2 Å². The van der Waals surface area contributed by atoms with Gasteiger partial charge in [-0.3, -0.25) is 9.80 Å². The van der Waals surface area contributed by atoms with Gasteiger partial charge in [0.15, 0.2) is 0 Å². The van der Waals surface area contributed by atoms with Crippen molar-refractivity contribution in [1.82, 2.24) is 14.4 Å². The summed E-state index contributed by atoms with van der Waals surface area (Å²) in [5.74, 6) is 0.553. The number of hydrogen-bond donors (Lipinski definition) is 2. The fraction of sp³-hybridized carbons (Fsp3) is 0.487.